The molecule has 0 fully saturated rings. The number of hydrogen-bond donors (Lipinski definition) is 2. The molecule has 0 unspecified atom stereocenters. The molecule has 1 aromatic heterocycles. The van der Waals surface area contributed by atoms with Gasteiger partial charge in [0, 0.05) is 35.1 Å². The number of rotatable bonds is 2. The molecule has 0 amide bonds. The summed E-state index contributed by atoms with van der Waals surface area (Å²) in [5, 5.41) is 11.0. The minimum absolute atomic E-state index is 0.214. The number of likely N-dealkylation sites (N-methyl/N-ethyl adjacent to an activating group) is 1. The van der Waals surface area contributed by atoms with Crippen molar-refractivity contribution in [1.82, 2.24) is 9.88 Å². The van der Waals surface area contributed by atoms with Gasteiger partial charge in [-0.3, -0.25) is 4.90 Å². The molecule has 2 N–H and O–H groups in total. The zero-order valence-electron chi connectivity index (χ0n) is 14.4. The summed E-state index contributed by atoms with van der Waals surface area (Å²) >= 11 is 0. The summed E-state index contributed by atoms with van der Waals surface area (Å²) in [6, 6.07) is 17.6. The van der Waals surface area contributed by atoms with Crippen LogP contribution in [0, 0.1) is 5.92 Å². The molecule has 3 nitrogen and oxygen atoms in total. The largest absolute Gasteiger partial charge is 0.396 e. The molecule has 0 radical (unpaired) electrons. The molecule has 3 aromatic rings. The molecule has 1 aliphatic carbocycles. The number of nitrogens with zero attached hydrogens (tertiary/aromatic N) is 1. The molecule has 25 heavy (non-hydrogen) atoms. The van der Waals surface area contributed by atoms with E-state index in [2.05, 4.69) is 71.5 Å². The summed E-state index contributed by atoms with van der Waals surface area (Å²) in [5.41, 5.74) is 7.84. The second-order valence-corrected chi connectivity index (χ2v) is 7.30. The number of aliphatic hydroxyl groups excluding tert-OH is 1. The second kappa shape index (κ2) is 5.58. The van der Waals surface area contributed by atoms with E-state index in [-0.39, 0.29) is 12.5 Å². The van der Waals surface area contributed by atoms with Gasteiger partial charge >= 0.3 is 0 Å². The van der Waals surface area contributed by atoms with E-state index in [1.54, 1.807) is 0 Å². The third kappa shape index (κ3) is 2.20. The minimum atomic E-state index is 0.214. The van der Waals surface area contributed by atoms with Gasteiger partial charge in [-0.25, -0.2) is 0 Å². The van der Waals surface area contributed by atoms with Crippen LogP contribution in [0.25, 0.3) is 27.7 Å². The molecule has 126 valence electrons. The van der Waals surface area contributed by atoms with Crippen molar-refractivity contribution in [2.75, 3.05) is 20.2 Å². The van der Waals surface area contributed by atoms with E-state index in [0.29, 0.717) is 6.04 Å². The molecule has 5 rings (SSSR count). The van der Waals surface area contributed by atoms with E-state index in [9.17, 15) is 5.11 Å². The standard InChI is InChI=1S/C22H22N2O/c1-24-12-14(13-25)10-17-16-8-5-9-19-21(16)18(11-20(17)24)22(23-19)15-6-3-2-4-7-15/h2-10,14,20,23,25H,11-13H2,1H3/t14-,20-/m1/s1. The monoisotopic (exact) mass is 330 g/mol. The van der Waals surface area contributed by atoms with Crippen molar-refractivity contribution < 1.29 is 5.11 Å². The fraction of sp³-hybridized carbons (Fsp3) is 0.273. The Hall–Kier alpha value is -2.36. The van der Waals surface area contributed by atoms with Crippen LogP contribution >= 0.6 is 0 Å². The Balaban J connectivity index is 1.77. The number of hydrogen-bond acceptors (Lipinski definition) is 2. The quantitative estimate of drug-likeness (QED) is 0.752. The first-order chi connectivity index (χ1) is 12.3. The van der Waals surface area contributed by atoms with E-state index >= 15 is 0 Å². The van der Waals surface area contributed by atoms with E-state index in [1.165, 1.54) is 38.9 Å². The van der Waals surface area contributed by atoms with E-state index in [0.717, 1.165) is 13.0 Å². The van der Waals surface area contributed by atoms with Gasteiger partial charge in [0.25, 0.3) is 0 Å². The van der Waals surface area contributed by atoms with E-state index < -0.39 is 0 Å². The van der Waals surface area contributed by atoms with Crippen LogP contribution in [-0.2, 0) is 6.42 Å². The summed E-state index contributed by atoms with van der Waals surface area (Å²) < 4.78 is 0. The molecular weight excluding hydrogens is 308 g/mol. The third-order valence-electron chi connectivity index (χ3n) is 5.76. The number of nitrogens with one attached hydrogen (secondary N) is 1. The van der Waals surface area contributed by atoms with Crippen LogP contribution < -0.4 is 0 Å². The van der Waals surface area contributed by atoms with Crippen LogP contribution in [0.1, 0.15) is 11.1 Å². The predicted molar refractivity (Wildman–Crippen MR) is 102 cm³/mol. The zero-order chi connectivity index (χ0) is 17.0. The first-order valence-electron chi connectivity index (χ1n) is 8.98. The SMILES string of the molecule is CN1C[C@H](CO)C=C2c3cccc4[nH]c(-c5ccccc5)c(c34)C[C@H]21. The summed E-state index contributed by atoms with van der Waals surface area (Å²) in [4.78, 5) is 6.07. The van der Waals surface area contributed by atoms with Crippen molar-refractivity contribution in [3.8, 4) is 11.3 Å². The molecule has 2 aliphatic rings. The number of aromatic nitrogens is 1. The Morgan fingerprint density at radius 2 is 1.96 bits per heavy atom. The number of aromatic amines is 1. The predicted octanol–water partition coefficient (Wildman–Crippen LogP) is 3.70. The summed E-state index contributed by atoms with van der Waals surface area (Å²) in [5.74, 6) is 0.223. The summed E-state index contributed by atoms with van der Waals surface area (Å²) in [7, 11) is 2.18. The second-order valence-electron chi connectivity index (χ2n) is 7.30. The average molecular weight is 330 g/mol. The molecule has 2 atom stereocenters. The lowest BCUT2D eigenvalue weighted by Crippen LogP contribution is -2.43. The molecule has 2 heterocycles. The van der Waals surface area contributed by atoms with Gasteiger partial charge in [0.1, 0.15) is 0 Å². The minimum Gasteiger partial charge on any atom is -0.396 e. The lowest BCUT2D eigenvalue weighted by molar-refractivity contribution is 0.181. The molecule has 0 saturated carbocycles. The lowest BCUT2D eigenvalue weighted by Gasteiger charge is -2.39. The van der Waals surface area contributed by atoms with Gasteiger partial charge in [-0.1, -0.05) is 48.5 Å². The Kier molecular flexibility index (Phi) is 3.34. The molecule has 0 bridgehead atoms. The molecule has 2 aromatic carbocycles. The van der Waals surface area contributed by atoms with Gasteiger partial charge in [-0.05, 0) is 41.8 Å². The first-order valence-corrected chi connectivity index (χ1v) is 8.98. The number of fused-ring (bicyclic) bond motifs is 2. The highest BCUT2D eigenvalue weighted by atomic mass is 16.3. The van der Waals surface area contributed by atoms with Gasteiger partial charge in [0.15, 0.2) is 0 Å². The van der Waals surface area contributed by atoms with Gasteiger partial charge in [-0.15, -0.1) is 0 Å². The highest BCUT2D eigenvalue weighted by Crippen LogP contribution is 2.44. The summed E-state index contributed by atoms with van der Waals surface area (Å²) in [6.07, 6.45) is 3.32. The van der Waals surface area contributed by atoms with Crippen molar-refractivity contribution in [1.29, 1.82) is 0 Å². The number of H-pyrrole nitrogens is 1. The molecule has 0 saturated heterocycles. The van der Waals surface area contributed by atoms with Crippen molar-refractivity contribution in [2.45, 2.75) is 12.5 Å². The smallest absolute Gasteiger partial charge is 0.0506 e. The Morgan fingerprint density at radius 3 is 2.76 bits per heavy atom. The van der Waals surface area contributed by atoms with Crippen molar-refractivity contribution >= 4 is 16.5 Å². The van der Waals surface area contributed by atoms with Gasteiger partial charge in [-0.2, -0.15) is 0 Å². The first kappa shape index (κ1) is 14.9. The number of aliphatic hydroxyl groups is 1. The van der Waals surface area contributed by atoms with Crippen LogP contribution in [0.4, 0.5) is 0 Å². The van der Waals surface area contributed by atoms with Gasteiger partial charge < -0.3 is 10.1 Å². The van der Waals surface area contributed by atoms with Crippen LogP contribution in [0.3, 0.4) is 0 Å². The van der Waals surface area contributed by atoms with Crippen molar-refractivity contribution in [2.24, 2.45) is 5.92 Å². The van der Waals surface area contributed by atoms with Crippen LogP contribution in [0.2, 0.25) is 0 Å². The Morgan fingerprint density at radius 1 is 1.12 bits per heavy atom. The Labute approximate surface area is 147 Å². The van der Waals surface area contributed by atoms with Crippen LogP contribution in [0.5, 0.6) is 0 Å². The zero-order valence-corrected chi connectivity index (χ0v) is 14.4. The third-order valence-corrected chi connectivity index (χ3v) is 5.76. The number of benzene rings is 2. The summed E-state index contributed by atoms with van der Waals surface area (Å²) in [6.45, 7) is 1.13. The fourth-order valence-electron chi connectivity index (χ4n) is 4.60. The van der Waals surface area contributed by atoms with Gasteiger partial charge in [0.2, 0.25) is 0 Å². The van der Waals surface area contributed by atoms with E-state index in [4.69, 9.17) is 0 Å². The Bertz CT molecular complexity index is 970. The van der Waals surface area contributed by atoms with Gasteiger partial charge in [0.05, 0.1) is 6.61 Å². The highest BCUT2D eigenvalue weighted by molar-refractivity contribution is 6.02. The lowest BCUT2D eigenvalue weighted by atomic mass is 9.79. The van der Waals surface area contributed by atoms with Crippen LogP contribution in [-0.4, -0.2) is 41.2 Å². The molecule has 0 spiro atoms. The normalized spacial score (nSPS) is 22.7. The highest BCUT2D eigenvalue weighted by Gasteiger charge is 2.34. The van der Waals surface area contributed by atoms with Crippen molar-refractivity contribution in [3.63, 3.8) is 0 Å². The molecule has 1 aliphatic heterocycles. The van der Waals surface area contributed by atoms with Crippen molar-refractivity contribution in [3.05, 3.63) is 65.7 Å². The fourth-order valence-corrected chi connectivity index (χ4v) is 4.60. The van der Waals surface area contributed by atoms with Crippen LogP contribution in [0.15, 0.2) is 54.6 Å². The maximum Gasteiger partial charge on any atom is 0.0506 e. The maximum atomic E-state index is 9.66. The molecular formula is C22H22N2O. The topological polar surface area (TPSA) is 39.3 Å². The maximum absolute atomic E-state index is 9.66. The molecule has 3 heteroatoms. The van der Waals surface area contributed by atoms with E-state index in [1.807, 2.05) is 0 Å². The average Bonchev–Trinajstić information content (AvgIpc) is 3.03.